The summed E-state index contributed by atoms with van der Waals surface area (Å²) in [5.74, 6) is 0.535. The minimum Gasteiger partial charge on any atom is -0.489 e. The van der Waals surface area contributed by atoms with Crippen LogP contribution in [-0.4, -0.2) is 24.0 Å². The summed E-state index contributed by atoms with van der Waals surface area (Å²) in [7, 11) is 0. The number of rotatable bonds is 9. The minimum atomic E-state index is -0.413. The summed E-state index contributed by atoms with van der Waals surface area (Å²) in [6, 6.07) is 13.5. The molecule has 0 spiro atoms. The zero-order valence-corrected chi connectivity index (χ0v) is 19.0. The van der Waals surface area contributed by atoms with Gasteiger partial charge >= 0.3 is 5.63 Å². The zero-order chi connectivity index (χ0) is 23.4. The van der Waals surface area contributed by atoms with E-state index in [1.807, 2.05) is 50.4 Å². The van der Waals surface area contributed by atoms with E-state index >= 15 is 0 Å². The van der Waals surface area contributed by atoms with E-state index in [4.69, 9.17) is 9.15 Å². The summed E-state index contributed by atoms with van der Waals surface area (Å²) in [6.45, 7) is 8.54. The number of amides is 1. The Hall–Kier alpha value is -3.80. The first kappa shape index (κ1) is 22.4. The van der Waals surface area contributed by atoms with Crippen molar-refractivity contribution in [1.82, 2.24) is 10.3 Å². The van der Waals surface area contributed by atoms with Crippen LogP contribution in [-0.2, 0) is 17.6 Å². The molecule has 4 aromatic rings. The maximum atomic E-state index is 12.6. The van der Waals surface area contributed by atoms with Crippen molar-refractivity contribution in [2.75, 3.05) is 13.2 Å². The van der Waals surface area contributed by atoms with Gasteiger partial charge in [0.2, 0.25) is 5.91 Å². The molecule has 0 fully saturated rings. The number of benzene rings is 2. The lowest BCUT2D eigenvalue weighted by Crippen LogP contribution is -2.26. The molecular weight excluding hydrogens is 416 g/mol. The van der Waals surface area contributed by atoms with Gasteiger partial charge in [0.05, 0.1) is 0 Å². The lowest BCUT2D eigenvalue weighted by molar-refractivity contribution is -0.121. The third kappa shape index (κ3) is 5.17. The van der Waals surface area contributed by atoms with Crippen LogP contribution in [0.4, 0.5) is 0 Å². The molecule has 0 unspecified atom stereocenters. The van der Waals surface area contributed by atoms with Crippen LogP contribution in [0.15, 0.2) is 70.0 Å². The summed E-state index contributed by atoms with van der Waals surface area (Å²) in [5.41, 5.74) is 4.59. The van der Waals surface area contributed by atoms with Crippen molar-refractivity contribution in [3.05, 3.63) is 87.9 Å². The quantitative estimate of drug-likeness (QED) is 0.286. The normalized spacial score (nSPS) is 11.1. The third-order valence-electron chi connectivity index (χ3n) is 5.74. The molecule has 2 aromatic carbocycles. The zero-order valence-electron chi connectivity index (χ0n) is 19.0. The summed E-state index contributed by atoms with van der Waals surface area (Å²) in [4.78, 5) is 28.2. The molecule has 1 amide bonds. The number of aromatic amines is 1. The van der Waals surface area contributed by atoms with Crippen LogP contribution in [0.5, 0.6) is 5.75 Å². The number of H-pyrrole nitrogens is 1. The van der Waals surface area contributed by atoms with E-state index in [9.17, 15) is 9.59 Å². The van der Waals surface area contributed by atoms with Crippen molar-refractivity contribution in [3.8, 4) is 5.75 Å². The Morgan fingerprint density at radius 3 is 2.79 bits per heavy atom. The molecule has 2 heterocycles. The van der Waals surface area contributed by atoms with Gasteiger partial charge in [0.1, 0.15) is 17.9 Å². The lowest BCUT2D eigenvalue weighted by atomic mass is 10.0. The maximum absolute atomic E-state index is 12.6. The number of hydrogen-bond acceptors (Lipinski definition) is 4. The molecule has 0 bridgehead atoms. The van der Waals surface area contributed by atoms with Crippen LogP contribution in [0, 0.1) is 6.92 Å². The van der Waals surface area contributed by atoms with Crippen LogP contribution in [0.3, 0.4) is 0 Å². The van der Waals surface area contributed by atoms with Gasteiger partial charge in [-0.3, -0.25) is 4.79 Å². The van der Waals surface area contributed by atoms with E-state index < -0.39 is 5.63 Å². The molecule has 6 nitrogen and oxygen atoms in total. The van der Waals surface area contributed by atoms with Gasteiger partial charge in [0, 0.05) is 47.1 Å². The predicted molar refractivity (Wildman–Crippen MR) is 131 cm³/mol. The fraction of sp³-hybridized carbons (Fsp3) is 0.259. The maximum Gasteiger partial charge on any atom is 0.339 e. The Morgan fingerprint density at radius 1 is 1.15 bits per heavy atom. The van der Waals surface area contributed by atoms with E-state index in [0.717, 1.165) is 28.5 Å². The average molecular weight is 445 g/mol. The number of fused-ring (bicyclic) bond motifs is 2. The Morgan fingerprint density at radius 2 is 1.97 bits per heavy atom. The van der Waals surface area contributed by atoms with Crippen molar-refractivity contribution in [2.24, 2.45) is 0 Å². The van der Waals surface area contributed by atoms with Crippen molar-refractivity contribution in [1.29, 1.82) is 0 Å². The second-order valence-corrected chi connectivity index (χ2v) is 8.36. The fourth-order valence-electron chi connectivity index (χ4n) is 3.96. The number of carbonyl (C=O) groups excluding carboxylic acids is 1. The van der Waals surface area contributed by atoms with E-state index in [0.29, 0.717) is 36.5 Å². The van der Waals surface area contributed by atoms with Gasteiger partial charge in [0.15, 0.2) is 0 Å². The number of para-hydroxylation sites is 1. The van der Waals surface area contributed by atoms with E-state index in [1.165, 1.54) is 10.9 Å². The Balaban J connectivity index is 1.36. The van der Waals surface area contributed by atoms with Crippen molar-refractivity contribution in [2.45, 2.75) is 33.1 Å². The molecule has 0 saturated heterocycles. The van der Waals surface area contributed by atoms with Gasteiger partial charge in [-0.1, -0.05) is 24.8 Å². The van der Waals surface area contributed by atoms with Crippen molar-refractivity contribution in [3.63, 3.8) is 0 Å². The molecule has 6 heteroatoms. The second-order valence-electron chi connectivity index (χ2n) is 8.36. The molecule has 2 aromatic heterocycles. The van der Waals surface area contributed by atoms with Gasteiger partial charge in [-0.05, 0) is 61.6 Å². The van der Waals surface area contributed by atoms with Crippen LogP contribution in [0.1, 0.15) is 30.0 Å². The van der Waals surface area contributed by atoms with Crippen LogP contribution in [0.25, 0.3) is 21.9 Å². The summed E-state index contributed by atoms with van der Waals surface area (Å²) < 4.78 is 11.2. The van der Waals surface area contributed by atoms with Crippen LogP contribution < -0.4 is 15.7 Å². The Labute approximate surface area is 192 Å². The van der Waals surface area contributed by atoms with Gasteiger partial charge in [0.25, 0.3) is 0 Å². The first-order valence-electron chi connectivity index (χ1n) is 11.1. The highest BCUT2D eigenvalue weighted by molar-refractivity contribution is 5.84. The molecule has 0 aliphatic carbocycles. The van der Waals surface area contributed by atoms with Gasteiger partial charge < -0.3 is 19.5 Å². The van der Waals surface area contributed by atoms with E-state index in [-0.39, 0.29) is 12.3 Å². The molecule has 33 heavy (non-hydrogen) atoms. The first-order chi connectivity index (χ1) is 15.9. The number of ether oxygens (including phenoxy) is 1. The number of nitrogens with one attached hydrogen (secondary N) is 2. The molecule has 4 rings (SSSR count). The van der Waals surface area contributed by atoms with Gasteiger partial charge in [-0.15, -0.1) is 0 Å². The fourth-order valence-corrected chi connectivity index (χ4v) is 3.96. The highest BCUT2D eigenvalue weighted by Crippen LogP contribution is 2.25. The predicted octanol–water partition coefficient (Wildman–Crippen LogP) is 4.83. The highest BCUT2D eigenvalue weighted by Gasteiger charge is 2.14. The Kier molecular flexibility index (Phi) is 6.63. The number of aryl methyl sites for hydroxylation is 1. The van der Waals surface area contributed by atoms with Crippen molar-refractivity contribution < 1.29 is 13.9 Å². The van der Waals surface area contributed by atoms with E-state index in [2.05, 4.69) is 22.9 Å². The third-order valence-corrected chi connectivity index (χ3v) is 5.74. The number of carbonyl (C=O) groups is 1. The second kappa shape index (κ2) is 9.77. The van der Waals surface area contributed by atoms with E-state index in [1.54, 1.807) is 6.07 Å². The van der Waals surface area contributed by atoms with Crippen LogP contribution in [0.2, 0.25) is 0 Å². The van der Waals surface area contributed by atoms with Gasteiger partial charge in [-0.2, -0.15) is 0 Å². The minimum absolute atomic E-state index is 0.0859. The monoisotopic (exact) mass is 444 g/mol. The first-order valence-corrected chi connectivity index (χ1v) is 11.1. The van der Waals surface area contributed by atoms with Gasteiger partial charge in [-0.25, -0.2) is 4.79 Å². The molecule has 0 radical (unpaired) electrons. The number of hydrogen-bond donors (Lipinski definition) is 2. The molecule has 0 saturated carbocycles. The molecule has 0 aliphatic heterocycles. The van der Waals surface area contributed by atoms with Crippen LogP contribution >= 0.6 is 0 Å². The standard InChI is InChI=1S/C27H28N2O4/c1-17(2)16-32-20-8-9-21-18(3)22(27(31)33-25(21)14-20)10-11-26(30)28-13-12-19-15-29-24-7-5-4-6-23(19)24/h4-9,14-15,29H,1,10-13,16H2,2-3H3,(H,28,30). The molecular formula is C27H28N2O4. The highest BCUT2D eigenvalue weighted by atomic mass is 16.5. The largest absolute Gasteiger partial charge is 0.489 e. The summed E-state index contributed by atoms with van der Waals surface area (Å²) in [6.07, 6.45) is 3.28. The smallest absolute Gasteiger partial charge is 0.339 e. The van der Waals surface area contributed by atoms with Crippen molar-refractivity contribution >= 4 is 27.8 Å². The Bertz CT molecular complexity index is 1380. The lowest BCUT2D eigenvalue weighted by Gasteiger charge is -2.10. The SMILES string of the molecule is C=C(C)COc1ccc2c(C)c(CCC(=O)NCCc3c[nH]c4ccccc34)c(=O)oc2c1. The molecule has 2 N–H and O–H groups in total. The summed E-state index contributed by atoms with van der Waals surface area (Å²) in [5, 5.41) is 4.96. The average Bonchev–Trinajstić information content (AvgIpc) is 3.20. The molecule has 170 valence electrons. The topological polar surface area (TPSA) is 84.3 Å². The number of aromatic nitrogens is 1. The molecule has 0 aliphatic rings. The molecule has 0 atom stereocenters. The summed E-state index contributed by atoms with van der Waals surface area (Å²) >= 11 is 0.